The fraction of sp³-hybridized carbons (Fsp3) is 1.00. The number of hydrogen-bond donors (Lipinski definition) is 0. The molecular weight excluding hydrogens is 277 g/mol. The van der Waals surface area contributed by atoms with Crippen LogP contribution in [0.4, 0.5) is 0 Å². The molecule has 0 radical (unpaired) electrons. The first-order valence-corrected chi connectivity index (χ1v) is 8.54. The van der Waals surface area contributed by atoms with Gasteiger partial charge in [0.25, 0.3) is 0 Å². The molecule has 0 saturated carbocycles. The van der Waals surface area contributed by atoms with Crippen molar-refractivity contribution in [2.24, 2.45) is 0 Å². The average Bonchev–Trinajstić information content (AvgIpc) is 2.33. The van der Waals surface area contributed by atoms with Crippen LogP contribution < -0.4 is 12.4 Å². The molecule has 0 saturated heterocycles. The largest absolute Gasteiger partial charge is 1.00 e. The second kappa shape index (κ2) is 14.9. The molecule has 0 N–H and O–H groups in total. The van der Waals surface area contributed by atoms with E-state index in [4.69, 9.17) is 11.6 Å². The molecule has 19 heavy (non-hydrogen) atoms. The van der Waals surface area contributed by atoms with Gasteiger partial charge in [0.2, 0.25) is 0 Å². The Morgan fingerprint density at radius 3 is 1.58 bits per heavy atom. The number of halogens is 2. The second-order valence-electron chi connectivity index (χ2n) is 6.25. The van der Waals surface area contributed by atoms with Gasteiger partial charge in [-0.25, -0.2) is 0 Å². The normalized spacial score (nSPS) is 11.4. The van der Waals surface area contributed by atoms with Gasteiger partial charge >= 0.3 is 0 Å². The predicted octanol–water partition coefficient (Wildman–Crippen LogP) is 2.23. The Kier molecular flexibility index (Phi) is 17.2. The molecule has 0 aromatic rings. The fourth-order valence-electron chi connectivity index (χ4n) is 2.42. The minimum Gasteiger partial charge on any atom is -1.00 e. The van der Waals surface area contributed by atoms with Gasteiger partial charge in [-0.2, -0.15) is 0 Å². The summed E-state index contributed by atoms with van der Waals surface area (Å²) in [7, 11) is 4.71. The molecule has 0 fully saturated rings. The topological polar surface area (TPSA) is 0 Å². The summed E-state index contributed by atoms with van der Waals surface area (Å²) >= 11 is 5.72. The van der Waals surface area contributed by atoms with Crippen LogP contribution in [-0.4, -0.2) is 37.5 Å². The van der Waals surface area contributed by atoms with Crippen molar-refractivity contribution < 1.29 is 16.9 Å². The Bertz CT molecular complexity index is 172. The highest BCUT2D eigenvalue weighted by molar-refractivity contribution is 6.17. The molecule has 1 nitrogen and oxygen atoms in total. The second-order valence-corrected chi connectivity index (χ2v) is 6.63. The molecule has 0 aliphatic carbocycles. The van der Waals surface area contributed by atoms with Crippen molar-refractivity contribution in [1.29, 1.82) is 0 Å². The van der Waals surface area contributed by atoms with E-state index in [1.807, 2.05) is 0 Å². The number of unbranched alkanes of at least 4 members (excludes halogenated alkanes) is 8. The molecule has 3 heteroatoms. The van der Waals surface area contributed by atoms with Crippen molar-refractivity contribution in [3.63, 3.8) is 0 Å². The predicted molar refractivity (Wildman–Crippen MR) is 84.4 cm³/mol. The van der Waals surface area contributed by atoms with Crippen molar-refractivity contribution in [2.75, 3.05) is 33.1 Å². The van der Waals surface area contributed by atoms with E-state index < -0.39 is 0 Å². The van der Waals surface area contributed by atoms with E-state index in [1.54, 1.807) is 0 Å². The van der Waals surface area contributed by atoms with Crippen LogP contribution in [0.3, 0.4) is 0 Å². The third-order valence-corrected chi connectivity index (χ3v) is 4.03. The Morgan fingerprint density at radius 2 is 1.11 bits per heavy atom. The molecule has 0 amide bonds. The Balaban J connectivity index is 0. The molecule has 0 aliphatic heterocycles. The van der Waals surface area contributed by atoms with E-state index >= 15 is 0 Å². The van der Waals surface area contributed by atoms with Gasteiger partial charge in [0.05, 0.1) is 27.2 Å². The number of hydrogen-bond acceptors (Lipinski definition) is 0. The zero-order valence-corrected chi connectivity index (χ0v) is 14.9. The van der Waals surface area contributed by atoms with E-state index in [2.05, 4.69) is 21.0 Å². The van der Waals surface area contributed by atoms with Gasteiger partial charge in [-0.15, -0.1) is 11.6 Å². The van der Waals surface area contributed by atoms with Gasteiger partial charge in [-0.1, -0.05) is 45.4 Å². The molecule has 0 rings (SSSR count). The number of quaternary nitrogens is 1. The van der Waals surface area contributed by atoms with E-state index in [-0.39, 0.29) is 12.4 Å². The zero-order valence-electron chi connectivity index (χ0n) is 13.4. The fourth-order valence-corrected chi connectivity index (χ4v) is 2.61. The summed E-state index contributed by atoms with van der Waals surface area (Å²) in [6.07, 6.45) is 13.8. The van der Waals surface area contributed by atoms with Crippen LogP contribution in [-0.2, 0) is 0 Å². The highest BCUT2D eigenvalue weighted by atomic mass is 35.5. The first-order chi connectivity index (χ1) is 8.62. The van der Waals surface area contributed by atoms with Crippen molar-refractivity contribution in [1.82, 2.24) is 0 Å². The van der Waals surface area contributed by atoms with Crippen LogP contribution in [0.2, 0.25) is 0 Å². The Hall–Kier alpha value is 0.540. The lowest BCUT2D eigenvalue weighted by atomic mass is 10.1. The van der Waals surface area contributed by atoms with Gasteiger partial charge in [-0.05, 0) is 25.7 Å². The first-order valence-electron chi connectivity index (χ1n) is 8.00. The Morgan fingerprint density at radius 1 is 0.684 bits per heavy atom. The maximum Gasteiger partial charge on any atom is 0.0782 e. The summed E-state index contributed by atoms with van der Waals surface area (Å²) < 4.78 is 1.17. The van der Waals surface area contributed by atoms with Crippen molar-refractivity contribution in [2.45, 2.75) is 71.1 Å². The molecule has 0 aromatic heterocycles. The van der Waals surface area contributed by atoms with Crippen LogP contribution >= 0.6 is 11.6 Å². The highest BCUT2D eigenvalue weighted by Gasteiger charge is 2.13. The van der Waals surface area contributed by atoms with Gasteiger partial charge in [0.15, 0.2) is 0 Å². The van der Waals surface area contributed by atoms with Crippen LogP contribution in [0.5, 0.6) is 0 Å². The molecule has 0 atom stereocenters. The van der Waals surface area contributed by atoms with E-state index in [9.17, 15) is 0 Å². The maximum absolute atomic E-state index is 5.72. The lowest BCUT2D eigenvalue weighted by Gasteiger charge is -2.29. The summed E-state index contributed by atoms with van der Waals surface area (Å²) in [6, 6.07) is 0. The van der Waals surface area contributed by atoms with Crippen LogP contribution in [0.1, 0.15) is 71.1 Å². The van der Waals surface area contributed by atoms with E-state index in [0.717, 1.165) is 5.88 Å². The minimum absolute atomic E-state index is 0. The van der Waals surface area contributed by atoms with Gasteiger partial charge in [0, 0.05) is 5.88 Å². The standard InChI is InChI=1S/C16H35ClN.ClH/c1-4-5-6-7-8-9-10-12-15-18(2,3)16-13-11-14-17;/h4-16H2,1-3H3;1H/q+1;/p-1. The van der Waals surface area contributed by atoms with E-state index in [0.29, 0.717) is 0 Å². The summed E-state index contributed by atoms with van der Waals surface area (Å²) in [6.45, 7) is 4.89. The van der Waals surface area contributed by atoms with E-state index in [1.165, 1.54) is 81.8 Å². The molecule has 0 aliphatic rings. The van der Waals surface area contributed by atoms with Crippen molar-refractivity contribution in [3.8, 4) is 0 Å². The van der Waals surface area contributed by atoms with Gasteiger partial charge < -0.3 is 16.9 Å². The Labute approximate surface area is 133 Å². The quantitative estimate of drug-likeness (QED) is 0.278. The van der Waals surface area contributed by atoms with Crippen LogP contribution in [0, 0.1) is 0 Å². The van der Waals surface area contributed by atoms with Gasteiger partial charge in [-0.3, -0.25) is 0 Å². The summed E-state index contributed by atoms with van der Waals surface area (Å²) in [5.41, 5.74) is 0. The first kappa shape index (κ1) is 21.8. The molecule has 0 aromatic carbocycles. The highest BCUT2D eigenvalue weighted by Crippen LogP contribution is 2.11. The average molecular weight is 312 g/mol. The van der Waals surface area contributed by atoms with Gasteiger partial charge in [0.1, 0.15) is 0 Å². The SMILES string of the molecule is CCCCCCCCCC[N+](C)(C)CCCCCl.[Cl-]. The summed E-state index contributed by atoms with van der Waals surface area (Å²) in [5.74, 6) is 0.817. The number of rotatable bonds is 13. The molecule has 118 valence electrons. The smallest absolute Gasteiger partial charge is 0.0782 e. The third kappa shape index (κ3) is 16.5. The van der Waals surface area contributed by atoms with Crippen LogP contribution in [0.15, 0.2) is 0 Å². The van der Waals surface area contributed by atoms with Crippen molar-refractivity contribution in [3.05, 3.63) is 0 Å². The molecule has 0 bridgehead atoms. The lowest BCUT2D eigenvalue weighted by Crippen LogP contribution is -3.00. The molecule has 0 heterocycles. The number of nitrogens with zero attached hydrogens (tertiary/aromatic N) is 1. The van der Waals surface area contributed by atoms with Crippen molar-refractivity contribution >= 4 is 11.6 Å². The zero-order chi connectivity index (χ0) is 13.7. The molecule has 0 unspecified atom stereocenters. The third-order valence-electron chi connectivity index (χ3n) is 3.76. The monoisotopic (exact) mass is 311 g/mol. The molecule has 0 spiro atoms. The van der Waals surface area contributed by atoms with Crippen LogP contribution in [0.25, 0.3) is 0 Å². The molecular formula is C16H35Cl2N. The summed E-state index contributed by atoms with van der Waals surface area (Å²) in [5, 5.41) is 0. The number of alkyl halides is 1. The lowest BCUT2D eigenvalue weighted by molar-refractivity contribution is -0.890. The maximum atomic E-state index is 5.72. The minimum atomic E-state index is 0. The summed E-state index contributed by atoms with van der Waals surface area (Å²) in [4.78, 5) is 0.